The molecule has 0 bridgehead atoms. The second-order valence-corrected chi connectivity index (χ2v) is 6.37. The molecule has 2 rings (SSSR count). The first-order valence-electron chi connectivity index (χ1n) is 7.24. The Morgan fingerprint density at radius 2 is 2.00 bits per heavy atom. The summed E-state index contributed by atoms with van der Waals surface area (Å²) in [6.45, 7) is 11.6. The first kappa shape index (κ1) is 15.6. The van der Waals surface area contributed by atoms with E-state index in [4.69, 9.17) is 9.26 Å². The molecule has 0 atom stereocenters. The Bertz CT molecular complexity index is 597. The highest BCUT2D eigenvalue weighted by Crippen LogP contribution is 2.21. The number of aryl methyl sites for hydroxylation is 1. The van der Waals surface area contributed by atoms with Crippen molar-refractivity contribution >= 4 is 0 Å². The van der Waals surface area contributed by atoms with Crippen LogP contribution in [0.5, 0.6) is 5.75 Å². The molecular weight excluding hydrogens is 264 g/mol. The van der Waals surface area contributed by atoms with Crippen LogP contribution in [0.3, 0.4) is 0 Å². The highest BCUT2D eigenvalue weighted by molar-refractivity contribution is 5.38. The Labute approximate surface area is 126 Å². The predicted molar refractivity (Wildman–Crippen MR) is 83.3 cm³/mol. The van der Waals surface area contributed by atoms with E-state index in [1.165, 1.54) is 5.56 Å². The van der Waals surface area contributed by atoms with Crippen LogP contribution < -0.4 is 10.1 Å². The molecule has 0 radical (unpaired) electrons. The highest BCUT2D eigenvalue weighted by Gasteiger charge is 2.11. The van der Waals surface area contributed by atoms with Gasteiger partial charge in [-0.15, -0.1) is 0 Å². The number of rotatable bonds is 5. The molecule has 0 amide bonds. The normalized spacial score (nSPS) is 11.7. The van der Waals surface area contributed by atoms with E-state index in [1.807, 2.05) is 18.2 Å². The number of hydrogen-bond acceptors (Lipinski definition) is 4. The number of benzene rings is 1. The van der Waals surface area contributed by atoms with Gasteiger partial charge in [0.15, 0.2) is 5.76 Å². The SMILES string of the molecule is Cc1cccc(OCc2cc(CNC(C)(C)C)no2)c1C. The molecule has 0 aliphatic carbocycles. The zero-order valence-corrected chi connectivity index (χ0v) is 13.5. The lowest BCUT2D eigenvalue weighted by atomic mass is 10.1. The Balaban J connectivity index is 1.92. The number of aromatic nitrogens is 1. The van der Waals surface area contributed by atoms with Gasteiger partial charge in [-0.3, -0.25) is 0 Å². The van der Waals surface area contributed by atoms with Crippen LogP contribution in [-0.4, -0.2) is 10.7 Å². The molecule has 1 aromatic heterocycles. The van der Waals surface area contributed by atoms with E-state index in [-0.39, 0.29) is 5.54 Å². The second-order valence-electron chi connectivity index (χ2n) is 6.37. The van der Waals surface area contributed by atoms with Crippen molar-refractivity contribution < 1.29 is 9.26 Å². The summed E-state index contributed by atoms with van der Waals surface area (Å²) in [7, 11) is 0. The van der Waals surface area contributed by atoms with Gasteiger partial charge in [-0.1, -0.05) is 17.3 Å². The summed E-state index contributed by atoms with van der Waals surface area (Å²) in [4.78, 5) is 0. The van der Waals surface area contributed by atoms with Crippen molar-refractivity contribution in [3.8, 4) is 5.75 Å². The Morgan fingerprint density at radius 1 is 1.24 bits per heavy atom. The summed E-state index contributed by atoms with van der Waals surface area (Å²) >= 11 is 0. The van der Waals surface area contributed by atoms with Gasteiger partial charge >= 0.3 is 0 Å². The zero-order chi connectivity index (χ0) is 15.5. The number of hydrogen-bond donors (Lipinski definition) is 1. The fourth-order valence-corrected chi connectivity index (χ4v) is 1.89. The highest BCUT2D eigenvalue weighted by atomic mass is 16.5. The molecule has 0 unspecified atom stereocenters. The first-order valence-corrected chi connectivity index (χ1v) is 7.24. The quantitative estimate of drug-likeness (QED) is 0.910. The van der Waals surface area contributed by atoms with Crippen LogP contribution in [0.25, 0.3) is 0 Å². The summed E-state index contributed by atoms with van der Waals surface area (Å²) in [5, 5.41) is 7.43. The van der Waals surface area contributed by atoms with Crippen molar-refractivity contribution in [2.24, 2.45) is 0 Å². The van der Waals surface area contributed by atoms with Crippen molar-refractivity contribution in [1.29, 1.82) is 0 Å². The van der Waals surface area contributed by atoms with Crippen LogP contribution >= 0.6 is 0 Å². The maximum absolute atomic E-state index is 5.81. The minimum Gasteiger partial charge on any atom is -0.485 e. The minimum atomic E-state index is 0.0638. The van der Waals surface area contributed by atoms with Gasteiger partial charge < -0.3 is 14.6 Å². The van der Waals surface area contributed by atoms with Gasteiger partial charge in [0.2, 0.25) is 0 Å². The largest absolute Gasteiger partial charge is 0.485 e. The molecule has 1 N–H and O–H groups in total. The van der Waals surface area contributed by atoms with Crippen LogP contribution in [0.1, 0.15) is 43.4 Å². The van der Waals surface area contributed by atoms with Crippen molar-refractivity contribution in [3.63, 3.8) is 0 Å². The molecule has 0 spiro atoms. The molecule has 0 fully saturated rings. The molecule has 4 heteroatoms. The smallest absolute Gasteiger partial charge is 0.174 e. The molecule has 2 aromatic rings. The summed E-state index contributed by atoms with van der Waals surface area (Å²) in [5.74, 6) is 1.63. The Hall–Kier alpha value is -1.81. The van der Waals surface area contributed by atoms with Gasteiger partial charge in [0.25, 0.3) is 0 Å². The molecule has 114 valence electrons. The predicted octanol–water partition coefficient (Wildman–Crippen LogP) is 3.76. The fourth-order valence-electron chi connectivity index (χ4n) is 1.89. The summed E-state index contributed by atoms with van der Waals surface area (Å²) in [5.41, 5.74) is 3.34. The van der Waals surface area contributed by atoms with E-state index in [9.17, 15) is 0 Å². The molecule has 0 saturated carbocycles. The van der Waals surface area contributed by atoms with Crippen LogP contribution in [0.15, 0.2) is 28.8 Å². The minimum absolute atomic E-state index is 0.0638. The van der Waals surface area contributed by atoms with E-state index in [1.54, 1.807) is 0 Å². The Morgan fingerprint density at radius 3 is 2.71 bits per heavy atom. The van der Waals surface area contributed by atoms with Gasteiger partial charge in [0.05, 0.1) is 5.69 Å². The van der Waals surface area contributed by atoms with Gasteiger partial charge in [-0.25, -0.2) is 0 Å². The zero-order valence-electron chi connectivity index (χ0n) is 13.5. The van der Waals surface area contributed by atoms with E-state index in [0.717, 1.165) is 22.8 Å². The van der Waals surface area contributed by atoms with Gasteiger partial charge in [0.1, 0.15) is 12.4 Å². The number of nitrogens with one attached hydrogen (secondary N) is 1. The third-order valence-electron chi connectivity index (χ3n) is 3.33. The molecule has 1 aromatic carbocycles. The summed E-state index contributed by atoms with van der Waals surface area (Å²) < 4.78 is 11.1. The van der Waals surface area contributed by atoms with E-state index in [2.05, 4.69) is 51.2 Å². The molecule has 0 aliphatic rings. The average Bonchev–Trinajstić information content (AvgIpc) is 2.85. The number of nitrogens with zero attached hydrogens (tertiary/aromatic N) is 1. The maximum Gasteiger partial charge on any atom is 0.174 e. The lowest BCUT2D eigenvalue weighted by molar-refractivity contribution is 0.246. The maximum atomic E-state index is 5.81. The van der Waals surface area contributed by atoms with Crippen molar-refractivity contribution in [1.82, 2.24) is 10.5 Å². The van der Waals surface area contributed by atoms with Crippen molar-refractivity contribution in [3.05, 3.63) is 46.8 Å². The van der Waals surface area contributed by atoms with Crippen LogP contribution in [-0.2, 0) is 13.2 Å². The van der Waals surface area contributed by atoms with E-state index < -0.39 is 0 Å². The van der Waals surface area contributed by atoms with Crippen molar-refractivity contribution in [2.75, 3.05) is 0 Å². The van der Waals surface area contributed by atoms with Crippen molar-refractivity contribution in [2.45, 2.75) is 53.3 Å². The van der Waals surface area contributed by atoms with Gasteiger partial charge in [-0.2, -0.15) is 0 Å². The first-order chi connectivity index (χ1) is 9.85. The molecule has 4 nitrogen and oxygen atoms in total. The monoisotopic (exact) mass is 288 g/mol. The van der Waals surface area contributed by atoms with Crippen LogP contribution in [0.4, 0.5) is 0 Å². The average molecular weight is 288 g/mol. The standard InChI is InChI=1S/C17H24N2O2/c1-12-7-6-8-16(13(12)2)20-11-15-9-14(19-21-15)10-18-17(3,4)5/h6-9,18H,10-11H2,1-5H3. The van der Waals surface area contributed by atoms with Gasteiger partial charge in [0, 0.05) is 18.2 Å². The molecule has 0 aliphatic heterocycles. The van der Waals surface area contributed by atoms with E-state index in [0.29, 0.717) is 13.2 Å². The molecular formula is C17H24N2O2. The van der Waals surface area contributed by atoms with E-state index >= 15 is 0 Å². The molecule has 1 heterocycles. The topological polar surface area (TPSA) is 47.3 Å². The molecule has 21 heavy (non-hydrogen) atoms. The molecule has 0 saturated heterocycles. The second kappa shape index (κ2) is 6.31. The van der Waals surface area contributed by atoms with Gasteiger partial charge in [-0.05, 0) is 51.8 Å². The summed E-state index contributed by atoms with van der Waals surface area (Å²) in [6.07, 6.45) is 0. The van der Waals surface area contributed by atoms with Crippen LogP contribution in [0, 0.1) is 13.8 Å². The van der Waals surface area contributed by atoms with Crippen LogP contribution in [0.2, 0.25) is 0 Å². The number of ether oxygens (including phenoxy) is 1. The fraction of sp³-hybridized carbons (Fsp3) is 0.471. The lowest BCUT2D eigenvalue weighted by Gasteiger charge is -2.19. The Kier molecular flexibility index (Phi) is 4.68. The lowest BCUT2D eigenvalue weighted by Crippen LogP contribution is -2.35. The third kappa shape index (κ3) is 4.60. The third-order valence-corrected chi connectivity index (χ3v) is 3.33. The summed E-state index contributed by atoms with van der Waals surface area (Å²) in [6, 6.07) is 7.98.